The highest BCUT2D eigenvalue weighted by atomic mass is 16.8. The molecule has 0 saturated carbocycles. The molecular weight excluding hydrogens is 188 g/mol. The van der Waals surface area contributed by atoms with E-state index in [0.29, 0.717) is 6.42 Å². The van der Waals surface area contributed by atoms with Crippen LogP contribution in [0.15, 0.2) is 11.6 Å². The summed E-state index contributed by atoms with van der Waals surface area (Å²) in [5.41, 5.74) is 3.24. The fraction of sp³-hybridized carbons (Fsp3) is 0.500. The molecular formula is C8H8N2O4. The maximum absolute atomic E-state index is 10.8. The number of aliphatic hydroxyl groups is 1. The highest BCUT2D eigenvalue weighted by molar-refractivity contribution is 6.41. The number of hydrazine groups is 1. The zero-order chi connectivity index (χ0) is 9.87. The van der Waals surface area contributed by atoms with Crippen molar-refractivity contribution in [3.63, 3.8) is 0 Å². The van der Waals surface area contributed by atoms with Crippen LogP contribution in [0.3, 0.4) is 0 Å². The lowest BCUT2D eigenvalue weighted by Crippen LogP contribution is -2.47. The van der Waals surface area contributed by atoms with E-state index in [1.807, 2.05) is 6.08 Å². The number of nitrogens with one attached hydrogen (secondary N) is 1. The van der Waals surface area contributed by atoms with E-state index in [4.69, 9.17) is 4.84 Å². The number of nitrogens with zero attached hydrogens (tertiary/aromatic N) is 1. The number of aliphatic carboxylic acids is 1. The summed E-state index contributed by atoms with van der Waals surface area (Å²) in [6.07, 6.45) is 1.55. The Hall–Kier alpha value is -1.40. The molecule has 1 fully saturated rings. The number of carboxylic acids is 1. The largest absolute Gasteiger partial charge is 0.539 e. The van der Waals surface area contributed by atoms with Gasteiger partial charge in [0.05, 0.1) is 0 Å². The number of rotatable bonds is 1. The van der Waals surface area contributed by atoms with Gasteiger partial charge >= 0.3 is 0 Å². The van der Waals surface area contributed by atoms with Gasteiger partial charge in [-0.3, -0.25) is 0 Å². The SMILES string of the molecule is O=C([O-])C1=[N+]2NOC(O)C2CC2C=C12. The minimum absolute atomic E-state index is 0.0859. The van der Waals surface area contributed by atoms with E-state index in [-0.39, 0.29) is 17.7 Å². The zero-order valence-electron chi connectivity index (χ0n) is 7.14. The van der Waals surface area contributed by atoms with E-state index in [9.17, 15) is 15.0 Å². The Morgan fingerprint density at radius 1 is 1.79 bits per heavy atom. The average Bonchev–Trinajstić information content (AvgIpc) is 2.81. The van der Waals surface area contributed by atoms with Gasteiger partial charge in [0.25, 0.3) is 12.0 Å². The molecule has 1 aliphatic carbocycles. The van der Waals surface area contributed by atoms with Gasteiger partial charge in [0.2, 0.25) is 6.04 Å². The van der Waals surface area contributed by atoms with Crippen molar-refractivity contribution in [1.29, 1.82) is 0 Å². The molecule has 3 aliphatic rings. The van der Waals surface area contributed by atoms with Gasteiger partial charge in [-0.2, -0.15) is 4.84 Å². The van der Waals surface area contributed by atoms with E-state index in [2.05, 4.69) is 5.59 Å². The molecule has 6 nitrogen and oxygen atoms in total. The van der Waals surface area contributed by atoms with Crippen LogP contribution in [0, 0.1) is 5.92 Å². The molecule has 0 bridgehead atoms. The lowest BCUT2D eigenvalue weighted by Gasteiger charge is -2.14. The maximum Gasteiger partial charge on any atom is 0.258 e. The van der Waals surface area contributed by atoms with Crippen molar-refractivity contribution in [3.05, 3.63) is 11.6 Å². The molecule has 0 aromatic rings. The van der Waals surface area contributed by atoms with Gasteiger partial charge in [0.1, 0.15) is 5.97 Å². The standard InChI is InChI=1S/C8H8N2O4/c11-7(12)6-4-1-3(4)2-5-8(13)14-9-10(5)6/h1,3,5,8-9,13H,2H2. The molecule has 74 valence electrons. The predicted molar refractivity (Wildman–Crippen MR) is 40.5 cm³/mol. The zero-order valence-corrected chi connectivity index (χ0v) is 7.14. The van der Waals surface area contributed by atoms with Crippen LogP contribution < -0.4 is 10.7 Å². The lowest BCUT2D eigenvalue weighted by molar-refractivity contribution is -0.628. The number of aliphatic hydroxyl groups excluding tert-OH is 1. The second-order valence-corrected chi connectivity index (χ2v) is 3.64. The Morgan fingerprint density at radius 3 is 3.29 bits per heavy atom. The van der Waals surface area contributed by atoms with Gasteiger partial charge in [-0.05, 0) is 0 Å². The van der Waals surface area contributed by atoms with Crippen LogP contribution in [0.5, 0.6) is 0 Å². The number of carboxylic acid groups (broad SMARTS) is 1. The second-order valence-electron chi connectivity index (χ2n) is 3.64. The number of carbonyl (C=O) groups is 1. The van der Waals surface area contributed by atoms with E-state index in [1.54, 1.807) is 0 Å². The highest BCUT2D eigenvalue weighted by Gasteiger charge is 2.53. The molecule has 0 amide bonds. The van der Waals surface area contributed by atoms with Crippen LogP contribution in [0.2, 0.25) is 0 Å². The highest BCUT2D eigenvalue weighted by Crippen LogP contribution is 2.39. The number of hydrogen-bond acceptors (Lipinski definition) is 5. The predicted octanol–water partition coefficient (Wildman–Crippen LogP) is -2.71. The summed E-state index contributed by atoms with van der Waals surface area (Å²) in [6, 6.07) is -0.338. The molecule has 14 heavy (non-hydrogen) atoms. The van der Waals surface area contributed by atoms with Gasteiger partial charge < -0.3 is 15.0 Å². The fourth-order valence-corrected chi connectivity index (χ4v) is 2.05. The van der Waals surface area contributed by atoms with Crippen molar-refractivity contribution in [3.8, 4) is 0 Å². The van der Waals surface area contributed by atoms with Crippen molar-refractivity contribution in [2.24, 2.45) is 5.92 Å². The Morgan fingerprint density at radius 2 is 2.57 bits per heavy atom. The van der Waals surface area contributed by atoms with Crippen LogP contribution >= 0.6 is 0 Å². The molecule has 3 rings (SSSR count). The van der Waals surface area contributed by atoms with Crippen LogP contribution in [-0.4, -0.2) is 33.8 Å². The van der Waals surface area contributed by atoms with Crippen molar-refractivity contribution in [2.45, 2.75) is 18.8 Å². The minimum atomic E-state index is -1.24. The minimum Gasteiger partial charge on any atom is -0.539 e. The first kappa shape index (κ1) is 7.95. The molecule has 3 unspecified atom stereocenters. The summed E-state index contributed by atoms with van der Waals surface area (Å²) < 4.78 is 1.33. The van der Waals surface area contributed by atoms with Crippen molar-refractivity contribution in [2.75, 3.05) is 0 Å². The van der Waals surface area contributed by atoms with E-state index >= 15 is 0 Å². The first-order valence-electron chi connectivity index (χ1n) is 4.37. The molecule has 1 saturated heterocycles. The van der Waals surface area contributed by atoms with Gasteiger partial charge in [-0.25, -0.2) is 0 Å². The number of hydrazone groups is 1. The molecule has 0 radical (unpaired) electrons. The Bertz CT molecular complexity index is 387. The van der Waals surface area contributed by atoms with Gasteiger partial charge in [-0.15, -0.1) is 0 Å². The van der Waals surface area contributed by atoms with Gasteiger partial charge in [0, 0.05) is 17.9 Å². The summed E-state index contributed by atoms with van der Waals surface area (Å²) in [7, 11) is 0. The molecule has 0 aromatic carbocycles. The number of hydrogen-bond donors (Lipinski definition) is 2. The van der Waals surface area contributed by atoms with Crippen molar-refractivity contribution < 1.29 is 24.5 Å². The molecule has 0 aromatic heterocycles. The van der Waals surface area contributed by atoms with Crippen LogP contribution in [0.1, 0.15) is 6.42 Å². The normalized spacial score (nSPS) is 38.4. The summed E-state index contributed by atoms with van der Waals surface area (Å²) in [5.74, 6) is -1.07. The Kier molecular flexibility index (Phi) is 1.33. The third-order valence-electron chi connectivity index (χ3n) is 2.81. The summed E-state index contributed by atoms with van der Waals surface area (Å²) in [6.45, 7) is 0. The molecule has 2 N–H and O–H groups in total. The van der Waals surface area contributed by atoms with Gasteiger partial charge in [-0.1, -0.05) is 16.3 Å². The number of allylic oxidation sites excluding steroid dienone is 1. The molecule has 3 atom stereocenters. The third kappa shape index (κ3) is 0.865. The van der Waals surface area contributed by atoms with Crippen molar-refractivity contribution >= 4 is 11.7 Å². The fourth-order valence-electron chi connectivity index (χ4n) is 2.05. The Labute approximate surface area is 79.0 Å². The quantitative estimate of drug-likeness (QED) is 0.445. The van der Waals surface area contributed by atoms with Gasteiger partial charge in [0.15, 0.2) is 0 Å². The van der Waals surface area contributed by atoms with Crippen LogP contribution in [0.4, 0.5) is 0 Å². The number of fused-ring (bicyclic) bond motifs is 2. The number of carbonyl (C=O) groups excluding carboxylic acids is 1. The van der Waals surface area contributed by atoms with Crippen LogP contribution in [0.25, 0.3) is 0 Å². The summed E-state index contributed by atoms with van der Waals surface area (Å²) >= 11 is 0. The summed E-state index contributed by atoms with van der Waals surface area (Å²) in [5, 5.41) is 20.2. The van der Waals surface area contributed by atoms with Crippen LogP contribution in [-0.2, 0) is 9.63 Å². The summed E-state index contributed by atoms with van der Waals surface area (Å²) in [4.78, 5) is 15.6. The van der Waals surface area contributed by atoms with E-state index in [0.717, 1.165) is 5.57 Å². The smallest absolute Gasteiger partial charge is 0.258 e. The monoisotopic (exact) mass is 196 g/mol. The Balaban J connectivity index is 2.07. The van der Waals surface area contributed by atoms with E-state index in [1.165, 1.54) is 4.68 Å². The van der Waals surface area contributed by atoms with Crippen molar-refractivity contribution in [1.82, 2.24) is 5.59 Å². The molecule has 0 spiro atoms. The first-order chi connectivity index (χ1) is 6.68. The molecule has 2 aliphatic heterocycles. The third-order valence-corrected chi connectivity index (χ3v) is 2.81. The topological polar surface area (TPSA) is 84.6 Å². The maximum atomic E-state index is 10.8. The lowest BCUT2D eigenvalue weighted by atomic mass is 10.0. The average molecular weight is 196 g/mol. The molecule has 6 heteroatoms. The first-order valence-corrected chi connectivity index (χ1v) is 4.37. The van der Waals surface area contributed by atoms with E-state index < -0.39 is 12.3 Å². The second kappa shape index (κ2) is 2.34. The molecule has 2 heterocycles.